The summed E-state index contributed by atoms with van der Waals surface area (Å²) in [5.74, 6) is 0. The topological polar surface area (TPSA) is 44.4 Å². The molecule has 2 N–H and O–H groups in total. The number of amides is 2. The van der Waals surface area contributed by atoms with Gasteiger partial charge in [0.1, 0.15) is 0 Å². The third kappa shape index (κ3) is 4.74. The Morgan fingerprint density at radius 1 is 1.16 bits per heavy atom. The van der Waals surface area contributed by atoms with Crippen molar-refractivity contribution in [1.29, 1.82) is 0 Å². The van der Waals surface area contributed by atoms with Gasteiger partial charge in [-0.05, 0) is 62.2 Å². The number of anilines is 1. The number of nitrogens with one attached hydrogen (secondary N) is 2. The summed E-state index contributed by atoms with van der Waals surface area (Å²) in [4.78, 5) is 14.7. The zero-order chi connectivity index (χ0) is 17.6. The molecule has 0 radical (unpaired) electrons. The molecule has 0 aliphatic carbocycles. The summed E-state index contributed by atoms with van der Waals surface area (Å²) in [5, 5.41) is 6.65. The lowest BCUT2D eigenvalue weighted by molar-refractivity contribution is 0.227. The highest BCUT2D eigenvalue weighted by atomic mass is 35.5. The van der Waals surface area contributed by atoms with E-state index < -0.39 is 0 Å². The number of halogens is 1. The van der Waals surface area contributed by atoms with Crippen LogP contribution >= 0.6 is 11.6 Å². The second-order valence-corrected chi connectivity index (χ2v) is 6.89. The van der Waals surface area contributed by atoms with Crippen LogP contribution < -0.4 is 10.6 Å². The van der Waals surface area contributed by atoms with Crippen molar-refractivity contribution in [2.75, 3.05) is 25.0 Å². The van der Waals surface area contributed by atoms with Gasteiger partial charge in [-0.1, -0.05) is 41.9 Å². The van der Waals surface area contributed by atoms with E-state index in [1.165, 1.54) is 12.8 Å². The molecule has 0 bridgehead atoms. The van der Waals surface area contributed by atoms with E-state index >= 15 is 0 Å². The van der Waals surface area contributed by atoms with Crippen LogP contribution in [-0.2, 0) is 0 Å². The number of likely N-dealkylation sites (tertiary alicyclic amines) is 1. The van der Waals surface area contributed by atoms with Crippen LogP contribution in [0.15, 0.2) is 48.5 Å². The molecule has 1 heterocycles. The summed E-state index contributed by atoms with van der Waals surface area (Å²) in [6.07, 6.45) is 2.38. The smallest absolute Gasteiger partial charge is 0.319 e. The Morgan fingerprint density at radius 3 is 2.64 bits per heavy atom. The summed E-state index contributed by atoms with van der Waals surface area (Å²) in [6, 6.07) is 15.6. The van der Waals surface area contributed by atoms with Gasteiger partial charge < -0.3 is 10.6 Å². The number of rotatable bonds is 5. The van der Waals surface area contributed by atoms with Gasteiger partial charge in [0.15, 0.2) is 0 Å². The highest BCUT2D eigenvalue weighted by Gasteiger charge is 2.25. The zero-order valence-corrected chi connectivity index (χ0v) is 15.2. The minimum Gasteiger partial charge on any atom is -0.336 e. The molecule has 1 aliphatic heterocycles. The summed E-state index contributed by atoms with van der Waals surface area (Å²) in [7, 11) is 0. The third-order valence-corrected chi connectivity index (χ3v) is 4.92. The maximum absolute atomic E-state index is 12.3. The lowest BCUT2D eigenvalue weighted by Gasteiger charge is -2.29. The fourth-order valence-electron chi connectivity index (χ4n) is 3.32. The fraction of sp³-hybridized carbons (Fsp3) is 0.350. The van der Waals surface area contributed by atoms with Crippen molar-refractivity contribution in [2.24, 2.45) is 0 Å². The fourth-order valence-corrected chi connectivity index (χ4v) is 3.58. The molecule has 1 aliphatic rings. The van der Waals surface area contributed by atoms with Crippen LogP contribution in [0, 0.1) is 6.92 Å². The molecule has 3 rings (SSSR count). The predicted octanol–water partition coefficient (Wildman–Crippen LogP) is 4.61. The van der Waals surface area contributed by atoms with Crippen LogP contribution in [-0.4, -0.2) is 30.6 Å². The van der Waals surface area contributed by atoms with Crippen LogP contribution in [0.2, 0.25) is 5.02 Å². The number of carbonyl (C=O) groups is 1. The molecule has 1 fully saturated rings. The summed E-state index contributed by atoms with van der Waals surface area (Å²) < 4.78 is 0. The lowest BCUT2D eigenvalue weighted by Crippen LogP contribution is -2.38. The van der Waals surface area contributed by atoms with Crippen LogP contribution in [0.4, 0.5) is 10.5 Å². The van der Waals surface area contributed by atoms with Gasteiger partial charge in [0, 0.05) is 17.3 Å². The molecule has 0 aromatic heterocycles. The van der Waals surface area contributed by atoms with E-state index in [2.05, 4.69) is 15.5 Å². The minimum absolute atomic E-state index is 0.0967. The standard InChI is InChI=1S/C20H24ClN3O/c1-15-7-6-8-16(13-15)23-20(25)22-14-19(24-11-4-5-12-24)17-9-2-3-10-18(17)21/h2-3,6-10,13,19H,4-5,11-12,14H2,1H3,(H2,22,23,25)/t19-/m0/s1. The van der Waals surface area contributed by atoms with Crippen molar-refractivity contribution < 1.29 is 4.79 Å². The average molecular weight is 358 g/mol. The third-order valence-electron chi connectivity index (χ3n) is 4.58. The Kier molecular flexibility index (Phi) is 5.95. The highest BCUT2D eigenvalue weighted by molar-refractivity contribution is 6.31. The van der Waals surface area contributed by atoms with Crippen molar-refractivity contribution >= 4 is 23.3 Å². The summed E-state index contributed by atoms with van der Waals surface area (Å²) in [5.41, 5.74) is 2.98. The molecular formula is C20H24ClN3O. The Morgan fingerprint density at radius 2 is 1.92 bits per heavy atom. The van der Waals surface area contributed by atoms with Crippen molar-refractivity contribution in [3.63, 3.8) is 0 Å². The molecule has 0 saturated carbocycles. The molecule has 0 unspecified atom stereocenters. The molecule has 2 aromatic carbocycles. The first kappa shape index (κ1) is 17.8. The van der Waals surface area contributed by atoms with Crippen molar-refractivity contribution in [3.05, 3.63) is 64.7 Å². The normalized spacial score (nSPS) is 15.8. The summed E-state index contributed by atoms with van der Waals surface area (Å²) >= 11 is 6.40. The zero-order valence-electron chi connectivity index (χ0n) is 14.5. The first-order valence-electron chi connectivity index (χ1n) is 8.73. The number of nitrogens with zero attached hydrogens (tertiary/aromatic N) is 1. The Balaban J connectivity index is 1.66. The molecule has 0 spiro atoms. The van der Waals surface area contributed by atoms with Gasteiger partial charge in [0.2, 0.25) is 0 Å². The van der Waals surface area contributed by atoms with Crippen LogP contribution in [0.25, 0.3) is 0 Å². The van der Waals surface area contributed by atoms with E-state index in [4.69, 9.17) is 11.6 Å². The largest absolute Gasteiger partial charge is 0.336 e. The van der Waals surface area contributed by atoms with Gasteiger partial charge in [-0.15, -0.1) is 0 Å². The molecule has 132 valence electrons. The maximum atomic E-state index is 12.3. The molecule has 25 heavy (non-hydrogen) atoms. The van der Waals surface area contributed by atoms with E-state index in [-0.39, 0.29) is 12.1 Å². The average Bonchev–Trinajstić information content (AvgIpc) is 3.11. The number of hydrogen-bond donors (Lipinski definition) is 2. The van der Waals surface area contributed by atoms with E-state index in [1.807, 2.05) is 55.5 Å². The van der Waals surface area contributed by atoms with Crippen LogP contribution in [0.1, 0.15) is 30.0 Å². The molecule has 2 aromatic rings. The van der Waals surface area contributed by atoms with E-state index in [9.17, 15) is 4.79 Å². The molecule has 1 saturated heterocycles. The number of hydrogen-bond acceptors (Lipinski definition) is 2. The predicted molar refractivity (Wildman–Crippen MR) is 103 cm³/mol. The first-order chi connectivity index (χ1) is 12.1. The molecule has 2 amide bonds. The monoisotopic (exact) mass is 357 g/mol. The van der Waals surface area contributed by atoms with E-state index in [1.54, 1.807) is 0 Å². The first-order valence-corrected chi connectivity index (χ1v) is 9.11. The van der Waals surface area contributed by atoms with Gasteiger partial charge in [0.05, 0.1) is 6.04 Å². The molecular weight excluding hydrogens is 334 g/mol. The minimum atomic E-state index is -0.193. The Labute approximate surface area is 154 Å². The number of urea groups is 1. The van der Waals surface area contributed by atoms with Crippen molar-refractivity contribution in [2.45, 2.75) is 25.8 Å². The highest BCUT2D eigenvalue weighted by Crippen LogP contribution is 2.29. The van der Waals surface area contributed by atoms with Gasteiger partial charge in [0.25, 0.3) is 0 Å². The number of benzene rings is 2. The SMILES string of the molecule is Cc1cccc(NC(=O)NC[C@@H](c2ccccc2Cl)N2CCCC2)c1. The van der Waals surface area contributed by atoms with Gasteiger partial charge in [-0.25, -0.2) is 4.79 Å². The summed E-state index contributed by atoms with van der Waals surface area (Å²) in [6.45, 7) is 4.61. The van der Waals surface area contributed by atoms with E-state index in [0.717, 1.165) is 34.9 Å². The lowest BCUT2D eigenvalue weighted by atomic mass is 10.1. The van der Waals surface area contributed by atoms with Crippen LogP contribution in [0.5, 0.6) is 0 Å². The van der Waals surface area contributed by atoms with Crippen molar-refractivity contribution in [3.8, 4) is 0 Å². The quantitative estimate of drug-likeness (QED) is 0.820. The number of aryl methyl sites for hydroxylation is 1. The maximum Gasteiger partial charge on any atom is 0.319 e. The van der Waals surface area contributed by atoms with Crippen molar-refractivity contribution in [1.82, 2.24) is 10.2 Å². The Hall–Kier alpha value is -2.04. The van der Waals surface area contributed by atoms with Gasteiger partial charge >= 0.3 is 6.03 Å². The molecule has 5 heteroatoms. The van der Waals surface area contributed by atoms with Crippen LogP contribution in [0.3, 0.4) is 0 Å². The Bertz CT molecular complexity index is 728. The number of carbonyl (C=O) groups excluding carboxylic acids is 1. The molecule has 1 atom stereocenters. The second-order valence-electron chi connectivity index (χ2n) is 6.48. The molecule has 4 nitrogen and oxygen atoms in total. The van der Waals surface area contributed by atoms with Gasteiger partial charge in [-0.3, -0.25) is 4.90 Å². The van der Waals surface area contributed by atoms with Gasteiger partial charge in [-0.2, -0.15) is 0 Å². The van der Waals surface area contributed by atoms with E-state index in [0.29, 0.717) is 6.54 Å². The second kappa shape index (κ2) is 8.37.